The Kier molecular flexibility index (Phi) is 3.11. The van der Waals surface area contributed by atoms with Gasteiger partial charge in [-0.1, -0.05) is 12.1 Å². The third-order valence-electron chi connectivity index (χ3n) is 1.77. The number of nitrogen functional groups attached to an aromatic ring is 1. The number of rotatable bonds is 3. The van der Waals surface area contributed by atoms with Crippen LogP contribution in [0.1, 0.15) is 5.56 Å². The number of benzene rings is 1. The maximum Gasteiger partial charge on any atom is 0.205 e. The molecule has 0 fully saturated rings. The lowest BCUT2D eigenvalue weighted by Crippen LogP contribution is -1.91. The lowest BCUT2D eigenvalue weighted by molar-refractivity contribution is 0.628. The zero-order valence-corrected chi connectivity index (χ0v) is 9.04. The van der Waals surface area contributed by atoms with Gasteiger partial charge in [-0.15, -0.1) is 11.3 Å². The standard InChI is InChI=1S/C10H9FN4S/c11-8-3-1-7(2-4-8)5-13-15-10-14-9(12)6-16-10/h1-6H,12H2,(H,14,15). The summed E-state index contributed by atoms with van der Waals surface area (Å²) in [6.07, 6.45) is 1.58. The molecular weight excluding hydrogens is 227 g/mol. The minimum absolute atomic E-state index is 0.266. The second kappa shape index (κ2) is 4.71. The van der Waals surface area contributed by atoms with Crippen LogP contribution in [0.2, 0.25) is 0 Å². The number of nitrogens with one attached hydrogen (secondary N) is 1. The van der Waals surface area contributed by atoms with Crippen molar-refractivity contribution in [3.05, 3.63) is 41.0 Å². The zero-order valence-electron chi connectivity index (χ0n) is 8.22. The number of anilines is 2. The Balaban J connectivity index is 1.97. The predicted octanol–water partition coefficient (Wildman–Crippen LogP) is 2.31. The molecule has 0 unspecified atom stereocenters. The van der Waals surface area contributed by atoms with Crippen molar-refractivity contribution in [2.45, 2.75) is 0 Å². The van der Waals surface area contributed by atoms with E-state index in [0.29, 0.717) is 10.9 Å². The van der Waals surface area contributed by atoms with Gasteiger partial charge in [0.1, 0.15) is 11.6 Å². The number of hydrazone groups is 1. The molecule has 0 aliphatic rings. The Morgan fingerprint density at radius 1 is 1.38 bits per heavy atom. The molecule has 6 heteroatoms. The van der Waals surface area contributed by atoms with Crippen molar-refractivity contribution >= 4 is 28.5 Å². The Hall–Kier alpha value is -1.95. The number of hydrogen-bond donors (Lipinski definition) is 2. The molecule has 0 aliphatic heterocycles. The summed E-state index contributed by atoms with van der Waals surface area (Å²) in [6, 6.07) is 6.03. The first kappa shape index (κ1) is 10.6. The molecule has 16 heavy (non-hydrogen) atoms. The maximum absolute atomic E-state index is 12.6. The summed E-state index contributed by atoms with van der Waals surface area (Å²) >= 11 is 1.37. The van der Waals surface area contributed by atoms with Crippen LogP contribution in [0, 0.1) is 5.82 Å². The van der Waals surface area contributed by atoms with E-state index in [-0.39, 0.29) is 5.82 Å². The van der Waals surface area contributed by atoms with Crippen molar-refractivity contribution in [3.8, 4) is 0 Å². The SMILES string of the molecule is Nc1csc(NN=Cc2ccc(F)cc2)n1. The largest absolute Gasteiger partial charge is 0.383 e. The highest BCUT2D eigenvalue weighted by molar-refractivity contribution is 7.14. The first-order valence-corrected chi connectivity index (χ1v) is 5.37. The van der Waals surface area contributed by atoms with Gasteiger partial charge in [0.2, 0.25) is 5.13 Å². The number of thiazole rings is 1. The van der Waals surface area contributed by atoms with E-state index >= 15 is 0 Å². The number of nitrogens with two attached hydrogens (primary N) is 1. The smallest absolute Gasteiger partial charge is 0.205 e. The molecule has 3 N–H and O–H groups in total. The zero-order chi connectivity index (χ0) is 11.4. The molecule has 0 aliphatic carbocycles. The van der Waals surface area contributed by atoms with Gasteiger partial charge >= 0.3 is 0 Å². The summed E-state index contributed by atoms with van der Waals surface area (Å²) in [7, 11) is 0. The molecule has 1 heterocycles. The summed E-state index contributed by atoms with van der Waals surface area (Å²) in [4.78, 5) is 3.97. The molecular formula is C10H9FN4S. The highest BCUT2D eigenvalue weighted by Crippen LogP contribution is 2.15. The van der Waals surface area contributed by atoms with Crippen LogP contribution in [-0.2, 0) is 0 Å². The molecule has 0 amide bonds. The highest BCUT2D eigenvalue weighted by atomic mass is 32.1. The highest BCUT2D eigenvalue weighted by Gasteiger charge is 1.95. The van der Waals surface area contributed by atoms with Crippen molar-refractivity contribution in [3.63, 3.8) is 0 Å². The second-order valence-corrected chi connectivity index (χ2v) is 3.86. The molecule has 2 aromatic rings. The van der Waals surface area contributed by atoms with Crippen LogP contribution >= 0.6 is 11.3 Å². The molecule has 82 valence electrons. The van der Waals surface area contributed by atoms with Crippen molar-refractivity contribution in [1.29, 1.82) is 0 Å². The molecule has 0 radical (unpaired) electrons. The van der Waals surface area contributed by atoms with E-state index in [4.69, 9.17) is 5.73 Å². The molecule has 0 atom stereocenters. The first-order chi connectivity index (χ1) is 7.74. The number of hydrogen-bond acceptors (Lipinski definition) is 5. The van der Waals surface area contributed by atoms with Crippen LogP contribution < -0.4 is 11.2 Å². The van der Waals surface area contributed by atoms with Crippen molar-refractivity contribution < 1.29 is 4.39 Å². The fourth-order valence-corrected chi connectivity index (χ4v) is 1.60. The Morgan fingerprint density at radius 3 is 2.75 bits per heavy atom. The maximum atomic E-state index is 12.6. The van der Waals surface area contributed by atoms with Crippen LogP contribution in [0.4, 0.5) is 15.3 Å². The number of halogens is 1. The van der Waals surface area contributed by atoms with E-state index in [2.05, 4.69) is 15.5 Å². The minimum Gasteiger partial charge on any atom is -0.383 e. The van der Waals surface area contributed by atoms with Gasteiger partial charge in [0, 0.05) is 5.38 Å². The van der Waals surface area contributed by atoms with Crippen molar-refractivity contribution in [1.82, 2.24) is 4.98 Å². The van der Waals surface area contributed by atoms with E-state index in [1.165, 1.54) is 23.5 Å². The average Bonchev–Trinajstić information content (AvgIpc) is 2.67. The van der Waals surface area contributed by atoms with E-state index in [0.717, 1.165) is 5.56 Å². The molecule has 2 rings (SSSR count). The summed E-state index contributed by atoms with van der Waals surface area (Å²) < 4.78 is 12.6. The molecule has 0 saturated heterocycles. The number of nitrogens with zero attached hydrogens (tertiary/aromatic N) is 2. The van der Waals surface area contributed by atoms with Crippen LogP contribution in [0.3, 0.4) is 0 Å². The van der Waals surface area contributed by atoms with Crippen LogP contribution in [0.15, 0.2) is 34.7 Å². The monoisotopic (exact) mass is 236 g/mol. The fraction of sp³-hybridized carbons (Fsp3) is 0. The van der Waals surface area contributed by atoms with Gasteiger partial charge in [0.25, 0.3) is 0 Å². The quantitative estimate of drug-likeness (QED) is 0.635. The molecule has 0 saturated carbocycles. The van der Waals surface area contributed by atoms with Gasteiger partial charge in [-0.05, 0) is 17.7 Å². The van der Waals surface area contributed by atoms with Crippen molar-refractivity contribution in [2.24, 2.45) is 5.10 Å². The Morgan fingerprint density at radius 2 is 2.12 bits per heavy atom. The summed E-state index contributed by atoms with van der Waals surface area (Å²) in [6.45, 7) is 0. The van der Waals surface area contributed by atoms with Gasteiger partial charge in [0.15, 0.2) is 0 Å². The van der Waals surface area contributed by atoms with Gasteiger partial charge in [-0.3, -0.25) is 5.43 Å². The molecule has 0 bridgehead atoms. The average molecular weight is 236 g/mol. The van der Waals surface area contributed by atoms with Crippen LogP contribution in [0.5, 0.6) is 0 Å². The van der Waals surface area contributed by atoms with Gasteiger partial charge < -0.3 is 5.73 Å². The lowest BCUT2D eigenvalue weighted by Gasteiger charge is -1.94. The van der Waals surface area contributed by atoms with E-state index < -0.39 is 0 Å². The summed E-state index contributed by atoms with van der Waals surface area (Å²) in [5.41, 5.74) is 8.98. The summed E-state index contributed by atoms with van der Waals surface area (Å²) in [5, 5.41) is 6.29. The molecule has 0 spiro atoms. The topological polar surface area (TPSA) is 63.3 Å². The normalized spacial score (nSPS) is 10.8. The molecule has 1 aromatic heterocycles. The van der Waals surface area contributed by atoms with Gasteiger partial charge in [0.05, 0.1) is 6.21 Å². The number of aromatic nitrogens is 1. The van der Waals surface area contributed by atoms with E-state index in [1.54, 1.807) is 23.7 Å². The van der Waals surface area contributed by atoms with Gasteiger partial charge in [-0.25, -0.2) is 9.37 Å². The third-order valence-corrected chi connectivity index (χ3v) is 2.53. The first-order valence-electron chi connectivity index (χ1n) is 4.50. The van der Waals surface area contributed by atoms with Gasteiger partial charge in [-0.2, -0.15) is 5.10 Å². The Bertz CT molecular complexity index is 492. The minimum atomic E-state index is -0.266. The Labute approximate surface area is 95.6 Å². The third kappa shape index (κ3) is 2.77. The second-order valence-electron chi connectivity index (χ2n) is 3.00. The van der Waals surface area contributed by atoms with E-state index in [1.807, 2.05) is 0 Å². The lowest BCUT2D eigenvalue weighted by atomic mass is 10.2. The predicted molar refractivity (Wildman–Crippen MR) is 64.1 cm³/mol. The van der Waals surface area contributed by atoms with E-state index in [9.17, 15) is 4.39 Å². The van der Waals surface area contributed by atoms with Crippen LogP contribution in [0.25, 0.3) is 0 Å². The van der Waals surface area contributed by atoms with Crippen LogP contribution in [-0.4, -0.2) is 11.2 Å². The fourth-order valence-electron chi connectivity index (χ4n) is 1.05. The van der Waals surface area contributed by atoms with Crippen molar-refractivity contribution in [2.75, 3.05) is 11.2 Å². The summed E-state index contributed by atoms with van der Waals surface area (Å²) in [5.74, 6) is 0.197. The molecule has 4 nitrogen and oxygen atoms in total. The molecule has 1 aromatic carbocycles.